The first kappa shape index (κ1) is 13.8. The summed E-state index contributed by atoms with van der Waals surface area (Å²) in [5, 5.41) is 0. The van der Waals surface area contributed by atoms with Crippen LogP contribution in [-0.2, 0) is 4.79 Å². The molecule has 0 aromatic carbocycles. The average molecular weight is 363 g/mol. The molecule has 4 rings (SSSR count). The molecule has 0 atom stereocenters. The Balaban J connectivity index is 1.78. The number of hydrogen-bond donors (Lipinski definition) is 0. The van der Waals surface area contributed by atoms with Crippen molar-refractivity contribution >= 4 is 44.9 Å². The number of anilines is 1. The highest BCUT2D eigenvalue weighted by molar-refractivity contribution is 9.10. The molecule has 7 nitrogen and oxygen atoms in total. The van der Waals surface area contributed by atoms with Gasteiger partial charge in [-0.3, -0.25) is 4.79 Å². The topological polar surface area (TPSA) is 64.4 Å². The van der Waals surface area contributed by atoms with Crippen molar-refractivity contribution in [3.8, 4) is 0 Å². The number of aliphatic imine (C=N–C) groups is 2. The molecule has 0 spiro atoms. The van der Waals surface area contributed by atoms with Crippen LogP contribution < -0.4 is 4.90 Å². The van der Waals surface area contributed by atoms with Gasteiger partial charge in [-0.1, -0.05) is 0 Å². The lowest BCUT2D eigenvalue weighted by molar-refractivity contribution is -0.115. The number of hydrogen-bond acceptors (Lipinski definition) is 6. The van der Waals surface area contributed by atoms with Gasteiger partial charge < -0.3 is 14.7 Å². The lowest BCUT2D eigenvalue weighted by atomic mass is 10.2. The molecular formula is C14H15BrN6O. The summed E-state index contributed by atoms with van der Waals surface area (Å²) in [5.74, 6) is 1.33. The number of pyridine rings is 1. The van der Waals surface area contributed by atoms with E-state index in [4.69, 9.17) is 4.99 Å². The van der Waals surface area contributed by atoms with Crippen LogP contribution >= 0.6 is 15.9 Å². The van der Waals surface area contributed by atoms with Gasteiger partial charge in [-0.05, 0) is 29.0 Å². The maximum Gasteiger partial charge on any atom is 0.267 e. The van der Waals surface area contributed by atoms with E-state index >= 15 is 0 Å². The minimum absolute atomic E-state index is 0.127. The van der Waals surface area contributed by atoms with Crippen LogP contribution in [0.4, 0.5) is 11.4 Å². The number of fused-ring (bicyclic) bond motifs is 3. The highest BCUT2D eigenvalue weighted by Gasteiger charge is 2.36. The average Bonchev–Trinajstić information content (AvgIpc) is 2.89. The van der Waals surface area contributed by atoms with Crippen molar-refractivity contribution in [2.24, 2.45) is 9.98 Å². The fourth-order valence-electron chi connectivity index (χ4n) is 2.90. The zero-order chi connectivity index (χ0) is 15.3. The number of nitrogens with zero attached hydrogens (tertiary/aromatic N) is 6. The maximum absolute atomic E-state index is 11.8. The van der Waals surface area contributed by atoms with E-state index in [0.717, 1.165) is 48.0 Å². The van der Waals surface area contributed by atoms with Crippen molar-refractivity contribution in [3.05, 3.63) is 16.9 Å². The first-order chi connectivity index (χ1) is 10.6. The molecule has 114 valence electrons. The normalized spacial score (nSPS) is 21.5. The van der Waals surface area contributed by atoms with E-state index in [-0.39, 0.29) is 12.5 Å². The number of aromatic nitrogens is 1. The quantitative estimate of drug-likeness (QED) is 0.641. The van der Waals surface area contributed by atoms with Gasteiger partial charge in [0.2, 0.25) is 0 Å². The van der Waals surface area contributed by atoms with Crippen LogP contribution in [0.5, 0.6) is 0 Å². The van der Waals surface area contributed by atoms with Crippen LogP contribution in [0.25, 0.3) is 0 Å². The Kier molecular flexibility index (Phi) is 3.23. The van der Waals surface area contributed by atoms with Crippen LogP contribution in [0.2, 0.25) is 0 Å². The highest BCUT2D eigenvalue weighted by Crippen LogP contribution is 2.36. The summed E-state index contributed by atoms with van der Waals surface area (Å²) in [7, 11) is 2.11. The third-order valence-corrected chi connectivity index (χ3v) is 4.56. The SMILES string of the molecule is CN1CCN(C2=Nc3cnc(Br)cc3N3CC(=O)N=C23)CC1. The maximum atomic E-state index is 11.8. The van der Waals surface area contributed by atoms with Gasteiger partial charge in [0.15, 0.2) is 11.7 Å². The van der Waals surface area contributed by atoms with Gasteiger partial charge in [0, 0.05) is 26.2 Å². The summed E-state index contributed by atoms with van der Waals surface area (Å²) in [6.07, 6.45) is 1.73. The molecule has 1 saturated heterocycles. The van der Waals surface area contributed by atoms with E-state index in [1.807, 2.05) is 11.0 Å². The summed E-state index contributed by atoms with van der Waals surface area (Å²) < 4.78 is 0.725. The zero-order valence-electron chi connectivity index (χ0n) is 12.2. The lowest BCUT2D eigenvalue weighted by Gasteiger charge is -2.37. The van der Waals surface area contributed by atoms with E-state index in [9.17, 15) is 4.79 Å². The molecule has 0 bridgehead atoms. The van der Waals surface area contributed by atoms with E-state index in [0.29, 0.717) is 5.84 Å². The third kappa shape index (κ3) is 2.22. The number of likely N-dealkylation sites (N-methyl/N-ethyl adjacent to an activating group) is 1. The Morgan fingerprint density at radius 1 is 1.14 bits per heavy atom. The van der Waals surface area contributed by atoms with Gasteiger partial charge in [-0.25, -0.2) is 9.98 Å². The number of amidine groups is 2. The Bertz CT molecular complexity index is 707. The summed E-state index contributed by atoms with van der Waals surface area (Å²) in [4.78, 5) is 31.4. The Morgan fingerprint density at radius 3 is 2.68 bits per heavy atom. The van der Waals surface area contributed by atoms with Gasteiger partial charge in [0.25, 0.3) is 5.91 Å². The molecule has 4 heterocycles. The van der Waals surface area contributed by atoms with Gasteiger partial charge >= 0.3 is 0 Å². The van der Waals surface area contributed by atoms with Crippen LogP contribution in [0.3, 0.4) is 0 Å². The molecule has 8 heteroatoms. The summed E-state index contributed by atoms with van der Waals surface area (Å²) in [5.41, 5.74) is 1.66. The zero-order valence-corrected chi connectivity index (χ0v) is 13.7. The number of piperazine rings is 1. The molecule has 22 heavy (non-hydrogen) atoms. The minimum atomic E-state index is -0.127. The smallest absolute Gasteiger partial charge is 0.267 e. The van der Waals surface area contributed by atoms with Crippen LogP contribution in [0, 0.1) is 0 Å². The van der Waals surface area contributed by atoms with Crippen molar-refractivity contribution in [3.63, 3.8) is 0 Å². The van der Waals surface area contributed by atoms with E-state index in [1.54, 1.807) is 6.20 Å². The third-order valence-electron chi connectivity index (χ3n) is 4.13. The first-order valence-corrected chi connectivity index (χ1v) is 7.98. The predicted molar refractivity (Wildman–Crippen MR) is 87.9 cm³/mol. The van der Waals surface area contributed by atoms with Crippen LogP contribution in [0.15, 0.2) is 26.9 Å². The Morgan fingerprint density at radius 2 is 1.91 bits per heavy atom. The predicted octanol–water partition coefficient (Wildman–Crippen LogP) is 0.880. The van der Waals surface area contributed by atoms with Gasteiger partial charge in [0.1, 0.15) is 16.8 Å². The van der Waals surface area contributed by atoms with E-state index in [2.05, 4.69) is 42.8 Å². The number of carbonyl (C=O) groups is 1. The van der Waals surface area contributed by atoms with Crippen LogP contribution in [0.1, 0.15) is 0 Å². The molecular weight excluding hydrogens is 348 g/mol. The summed E-state index contributed by atoms with van der Waals surface area (Å²) in [6, 6.07) is 1.88. The summed E-state index contributed by atoms with van der Waals surface area (Å²) >= 11 is 3.37. The van der Waals surface area contributed by atoms with Crippen molar-refractivity contribution in [2.75, 3.05) is 44.7 Å². The molecule has 3 aliphatic heterocycles. The van der Waals surface area contributed by atoms with Crippen LogP contribution in [-0.4, -0.2) is 72.1 Å². The largest absolute Gasteiger partial charge is 0.351 e. The molecule has 1 aromatic rings. The molecule has 0 radical (unpaired) electrons. The lowest BCUT2D eigenvalue weighted by Crippen LogP contribution is -2.52. The van der Waals surface area contributed by atoms with E-state index in [1.165, 1.54) is 0 Å². The molecule has 1 aromatic heterocycles. The second-order valence-electron chi connectivity index (χ2n) is 5.64. The molecule has 0 unspecified atom stereocenters. The molecule has 0 aliphatic carbocycles. The number of carbonyl (C=O) groups excluding carboxylic acids is 1. The second-order valence-corrected chi connectivity index (χ2v) is 6.45. The minimum Gasteiger partial charge on any atom is -0.351 e. The number of amides is 1. The standard InChI is InChI=1S/C14H15BrN6O/c1-19-2-4-20(5-3-19)13-14-18-12(22)8-21(14)10-6-11(15)16-7-9(10)17-13/h6-7H,2-5,8H2,1H3. The molecule has 1 amide bonds. The van der Waals surface area contributed by atoms with E-state index < -0.39 is 0 Å². The van der Waals surface area contributed by atoms with Crippen molar-refractivity contribution in [2.45, 2.75) is 0 Å². The Hall–Kier alpha value is -1.80. The number of rotatable bonds is 0. The second kappa shape index (κ2) is 5.13. The molecule has 1 fully saturated rings. The van der Waals surface area contributed by atoms with Crippen molar-refractivity contribution in [1.82, 2.24) is 14.8 Å². The van der Waals surface area contributed by atoms with Gasteiger partial charge in [0.05, 0.1) is 11.9 Å². The fourth-order valence-corrected chi connectivity index (χ4v) is 3.22. The summed E-state index contributed by atoms with van der Waals surface area (Å²) in [6.45, 7) is 3.99. The van der Waals surface area contributed by atoms with Gasteiger partial charge in [-0.2, -0.15) is 4.99 Å². The number of halogens is 1. The fraction of sp³-hybridized carbons (Fsp3) is 0.429. The van der Waals surface area contributed by atoms with Crippen molar-refractivity contribution < 1.29 is 4.79 Å². The Labute approximate surface area is 136 Å². The molecule has 0 N–H and O–H groups in total. The molecule has 3 aliphatic rings. The van der Waals surface area contributed by atoms with Crippen molar-refractivity contribution in [1.29, 1.82) is 0 Å². The monoisotopic (exact) mass is 362 g/mol. The highest BCUT2D eigenvalue weighted by atomic mass is 79.9. The molecule has 0 saturated carbocycles. The van der Waals surface area contributed by atoms with Gasteiger partial charge in [-0.15, -0.1) is 0 Å². The first-order valence-electron chi connectivity index (χ1n) is 7.19.